The molecule has 0 radical (unpaired) electrons. The number of fused-ring (bicyclic) bond motifs is 1. The number of phenolic OH excluding ortho intramolecular Hbond substituents is 1. The number of carboxylic acid groups (broad SMARTS) is 4. The Kier molecular flexibility index (Phi) is 29.3. The molecule has 0 fully saturated rings. The van der Waals surface area contributed by atoms with E-state index in [1.165, 1.54) is 36.0 Å². The summed E-state index contributed by atoms with van der Waals surface area (Å²) in [6, 6.07) is -1.98. The number of benzene rings is 2. The summed E-state index contributed by atoms with van der Waals surface area (Å²) in [5, 5.41) is 68.3. The van der Waals surface area contributed by atoms with Crippen LogP contribution in [0.15, 0.2) is 54.7 Å². The number of H-pyrrole nitrogens is 1. The lowest BCUT2D eigenvalue weighted by molar-refractivity contribution is -0.144. The van der Waals surface area contributed by atoms with Gasteiger partial charge >= 0.3 is 23.9 Å². The van der Waals surface area contributed by atoms with Gasteiger partial charge in [0.2, 0.25) is 53.2 Å². The maximum atomic E-state index is 14.6. The van der Waals surface area contributed by atoms with Crippen molar-refractivity contribution in [3.63, 3.8) is 0 Å². The topological polar surface area (TPSA) is 513 Å². The average molecular weight is 1210 g/mol. The molecule has 3 aromatic rings. The Morgan fingerprint density at radius 1 is 0.529 bits per heavy atom. The molecule has 31 heteroatoms. The molecule has 0 unspecified atom stereocenters. The third-order valence-corrected chi connectivity index (χ3v) is 13.8. The molecule has 0 bridgehead atoms. The Morgan fingerprint density at radius 3 is 1.46 bits per heavy atom. The molecular formula is C54H76N12O18S. The highest BCUT2D eigenvalue weighted by atomic mass is 32.2. The van der Waals surface area contributed by atoms with E-state index < -0.39 is 170 Å². The van der Waals surface area contributed by atoms with Crippen molar-refractivity contribution in [2.24, 2.45) is 23.1 Å². The molecule has 1 heterocycles. The van der Waals surface area contributed by atoms with Gasteiger partial charge in [0.15, 0.2) is 0 Å². The van der Waals surface area contributed by atoms with Gasteiger partial charge in [-0.2, -0.15) is 11.8 Å². The SMILES string of the molecule is CSCC[C@H](NC(=O)[C@H](CCC(=O)O)NC(=O)[C@H](Cc1c[nH]c2ccccc12)NC(=O)[C@H](Cc1ccc(O)cc1)NC(=O)[C@@H](N)C(C)C)C(=O)N[C@@H](CCC(=O)O)C(=O)N[C@@H](CC(=O)O)C(=O)N[C@@H](CCCCN)C(=O)N[C@@H](CC(N)=O)C(=O)O. The number of aromatic hydroxyl groups is 1. The summed E-state index contributed by atoms with van der Waals surface area (Å²) in [5.74, 6) is -16.2. The van der Waals surface area contributed by atoms with Crippen molar-refractivity contribution in [1.29, 1.82) is 0 Å². The fourth-order valence-electron chi connectivity index (χ4n) is 8.41. The highest BCUT2D eigenvalue weighted by Gasteiger charge is 2.37. The minimum absolute atomic E-state index is 0.0770. The van der Waals surface area contributed by atoms with Crippen LogP contribution in [0.2, 0.25) is 0 Å². The second kappa shape index (κ2) is 35.3. The van der Waals surface area contributed by atoms with Gasteiger partial charge in [-0.1, -0.05) is 44.2 Å². The molecule has 0 aliphatic carbocycles. The van der Waals surface area contributed by atoms with Gasteiger partial charge in [0.1, 0.15) is 54.1 Å². The van der Waals surface area contributed by atoms with Gasteiger partial charge in [-0.25, -0.2) is 4.79 Å². The molecule has 2 aromatic carbocycles. The molecule has 1 aromatic heterocycles. The number of rotatable bonds is 39. The van der Waals surface area contributed by atoms with Gasteiger partial charge in [0.25, 0.3) is 0 Å². The fourth-order valence-corrected chi connectivity index (χ4v) is 8.88. The lowest BCUT2D eigenvalue weighted by Gasteiger charge is -2.28. The van der Waals surface area contributed by atoms with Gasteiger partial charge < -0.3 is 90.3 Å². The van der Waals surface area contributed by atoms with Crippen LogP contribution in [-0.2, 0) is 75.2 Å². The van der Waals surface area contributed by atoms with Gasteiger partial charge in [-0.05, 0) is 92.3 Å². The van der Waals surface area contributed by atoms with E-state index >= 15 is 0 Å². The molecule has 30 nitrogen and oxygen atoms in total. The van der Waals surface area contributed by atoms with Crippen molar-refractivity contribution in [1.82, 2.24) is 47.5 Å². The minimum atomic E-state index is -2.04. The number of hydrogen-bond donors (Lipinski definition) is 17. The van der Waals surface area contributed by atoms with Crippen LogP contribution in [0, 0.1) is 5.92 Å². The number of hydrogen-bond acceptors (Lipinski definition) is 17. The summed E-state index contributed by atoms with van der Waals surface area (Å²) in [5.41, 5.74) is 18.5. The number of carbonyl (C=O) groups excluding carboxylic acids is 9. The number of para-hydroxylation sites is 1. The fraction of sp³-hybridized carbons (Fsp3) is 0.500. The largest absolute Gasteiger partial charge is 0.508 e. The van der Waals surface area contributed by atoms with E-state index in [0.29, 0.717) is 28.5 Å². The number of aromatic amines is 1. The number of nitrogens with two attached hydrogens (primary N) is 3. The van der Waals surface area contributed by atoms with Crippen molar-refractivity contribution in [2.45, 2.75) is 145 Å². The summed E-state index contributed by atoms with van der Waals surface area (Å²) >= 11 is 1.20. The van der Waals surface area contributed by atoms with Crippen LogP contribution in [0.25, 0.3) is 10.9 Å². The normalized spacial score (nSPS) is 14.3. The first-order valence-electron chi connectivity index (χ1n) is 27.0. The van der Waals surface area contributed by atoms with Gasteiger partial charge in [0.05, 0.1) is 18.9 Å². The number of phenols is 1. The second-order valence-electron chi connectivity index (χ2n) is 20.2. The molecule has 0 spiro atoms. The standard InChI is InChI=1S/C54H76N12O18S/c1-27(2)45(57)53(82)65-37(22-28-11-13-30(67)14-12-28)50(79)63-38(23-29-26-58-32-9-5-4-8-31(29)32)51(80)61-34(15-17-42(69)70)47(76)62-36(19-21-85-3)49(78)60-35(16-18-43(71)72)48(77)64-39(25-44(73)74)52(81)59-33(10-6-7-20-55)46(75)66-40(54(83)84)24-41(56)68/h4-5,8-9,11-14,26-27,33-40,45,58,67H,6-7,10,15-25,55,57H2,1-3H3,(H2,56,68)(H,59,81)(H,60,78)(H,61,80)(H,62,76)(H,63,79)(H,64,77)(H,65,82)(H,66,75)(H,69,70)(H,71,72)(H,73,74)(H,83,84)/t33-,34-,35-,36-,37-,38-,39-,40-,45-/m0/s1. The first kappa shape index (κ1) is 70.4. The maximum absolute atomic E-state index is 14.6. The Hall–Kier alpha value is -8.84. The van der Waals surface area contributed by atoms with E-state index in [4.69, 9.17) is 17.2 Å². The smallest absolute Gasteiger partial charge is 0.326 e. The van der Waals surface area contributed by atoms with E-state index in [9.17, 15) is 87.9 Å². The molecular weight excluding hydrogens is 1140 g/mol. The van der Waals surface area contributed by atoms with Crippen LogP contribution in [0.3, 0.4) is 0 Å². The number of aromatic nitrogens is 1. The lowest BCUT2D eigenvalue weighted by Crippen LogP contribution is -2.61. The number of aliphatic carboxylic acids is 4. The second-order valence-corrected chi connectivity index (χ2v) is 21.2. The summed E-state index contributed by atoms with van der Waals surface area (Å²) < 4.78 is 0. The van der Waals surface area contributed by atoms with Crippen LogP contribution >= 0.6 is 11.8 Å². The number of unbranched alkanes of at least 4 members (excludes halogenated alkanes) is 1. The highest BCUT2D eigenvalue weighted by molar-refractivity contribution is 7.98. The maximum Gasteiger partial charge on any atom is 0.326 e. The van der Waals surface area contributed by atoms with Gasteiger partial charge in [-0.15, -0.1) is 0 Å². The first-order valence-corrected chi connectivity index (χ1v) is 28.4. The van der Waals surface area contributed by atoms with E-state index in [1.807, 2.05) is 0 Å². The molecule has 0 aliphatic rings. The molecule has 9 atom stereocenters. The number of thioether (sulfide) groups is 1. The van der Waals surface area contributed by atoms with Crippen LogP contribution in [0.5, 0.6) is 5.75 Å². The van der Waals surface area contributed by atoms with Crippen molar-refractivity contribution < 1.29 is 87.9 Å². The zero-order valence-corrected chi connectivity index (χ0v) is 47.9. The van der Waals surface area contributed by atoms with Gasteiger partial charge in [0, 0.05) is 42.8 Å². The highest BCUT2D eigenvalue weighted by Crippen LogP contribution is 2.20. The summed E-state index contributed by atoms with van der Waals surface area (Å²) in [7, 11) is 0. The molecule has 466 valence electrons. The summed E-state index contributed by atoms with van der Waals surface area (Å²) in [6.07, 6.45) is -1.92. The molecule has 0 aliphatic heterocycles. The van der Waals surface area contributed by atoms with E-state index in [1.54, 1.807) is 50.6 Å². The van der Waals surface area contributed by atoms with Crippen LogP contribution < -0.4 is 59.7 Å². The predicted octanol–water partition coefficient (Wildman–Crippen LogP) is -2.43. The number of carbonyl (C=O) groups is 13. The molecule has 85 heavy (non-hydrogen) atoms. The van der Waals surface area contributed by atoms with Crippen molar-refractivity contribution in [3.8, 4) is 5.75 Å². The Bertz CT molecular complexity index is 2850. The lowest BCUT2D eigenvalue weighted by atomic mass is 10.00. The molecule has 3 rings (SSSR count). The summed E-state index contributed by atoms with van der Waals surface area (Å²) in [6.45, 7) is 3.51. The van der Waals surface area contributed by atoms with E-state index in [2.05, 4.69) is 47.5 Å². The van der Waals surface area contributed by atoms with Crippen molar-refractivity contribution in [3.05, 3.63) is 65.9 Å². The third kappa shape index (κ3) is 24.5. The number of nitrogens with one attached hydrogen (secondary N) is 9. The van der Waals surface area contributed by atoms with E-state index in [0.717, 1.165) is 0 Å². The van der Waals surface area contributed by atoms with Crippen molar-refractivity contribution in [2.75, 3.05) is 18.6 Å². The quantitative estimate of drug-likeness (QED) is 0.0264. The van der Waals surface area contributed by atoms with Crippen LogP contribution in [0.4, 0.5) is 0 Å². The number of carboxylic acids is 4. The monoisotopic (exact) mass is 1210 g/mol. The first-order chi connectivity index (χ1) is 40.1. The van der Waals surface area contributed by atoms with Gasteiger partial charge in [-0.3, -0.25) is 57.5 Å². The van der Waals surface area contributed by atoms with E-state index in [-0.39, 0.29) is 56.1 Å². The van der Waals surface area contributed by atoms with Crippen LogP contribution in [0.1, 0.15) is 89.2 Å². The molecule has 0 saturated carbocycles. The molecule has 9 amide bonds. The number of primary amides is 1. The zero-order chi connectivity index (χ0) is 63.5. The average Bonchev–Trinajstić information content (AvgIpc) is 4.15. The molecule has 0 saturated heterocycles. The Morgan fingerprint density at radius 2 is 0.976 bits per heavy atom. The zero-order valence-electron chi connectivity index (χ0n) is 47.1. The Balaban J connectivity index is 2.00. The third-order valence-electron chi connectivity index (χ3n) is 13.2. The summed E-state index contributed by atoms with van der Waals surface area (Å²) in [4.78, 5) is 174. The van der Waals surface area contributed by atoms with Crippen LogP contribution in [-0.4, -0.2) is 180 Å². The predicted molar refractivity (Wildman–Crippen MR) is 305 cm³/mol. The minimum Gasteiger partial charge on any atom is -0.508 e. The number of amides is 9. The Labute approximate surface area is 492 Å². The van der Waals surface area contributed by atoms with Crippen molar-refractivity contribution >= 4 is 99.7 Å². The molecule has 20 N–H and O–H groups in total.